The summed E-state index contributed by atoms with van der Waals surface area (Å²) in [5.41, 5.74) is 0. The number of hydrogen-bond donors (Lipinski definition) is 0. The maximum Gasteiger partial charge on any atom is 0.00394 e. The standard InChI is InChI=1S/C14H30S2/c1-5-7-13(3)9-11-15-16-12-10-14(4)8-6-2/h13-14H,5-12H2,1-4H3. The van der Waals surface area contributed by atoms with E-state index in [0.29, 0.717) is 0 Å². The zero-order chi connectivity index (χ0) is 12.2. The second kappa shape index (κ2) is 12.2. The van der Waals surface area contributed by atoms with Gasteiger partial charge >= 0.3 is 0 Å². The number of hydrogen-bond acceptors (Lipinski definition) is 2. The average Bonchev–Trinajstić information content (AvgIpc) is 2.24. The van der Waals surface area contributed by atoms with Gasteiger partial charge in [0.25, 0.3) is 0 Å². The van der Waals surface area contributed by atoms with E-state index in [4.69, 9.17) is 0 Å². The Morgan fingerprint density at radius 1 is 0.688 bits per heavy atom. The van der Waals surface area contributed by atoms with E-state index in [-0.39, 0.29) is 0 Å². The maximum atomic E-state index is 2.39. The first-order valence-corrected chi connectivity index (χ1v) is 9.43. The van der Waals surface area contributed by atoms with Gasteiger partial charge in [0.15, 0.2) is 0 Å². The van der Waals surface area contributed by atoms with Crippen LogP contribution in [-0.2, 0) is 0 Å². The smallest absolute Gasteiger partial charge is 0.00394 e. The van der Waals surface area contributed by atoms with E-state index in [0.717, 1.165) is 11.8 Å². The highest BCUT2D eigenvalue weighted by Gasteiger charge is 2.02. The molecule has 0 aromatic heterocycles. The molecule has 16 heavy (non-hydrogen) atoms. The Kier molecular flexibility index (Phi) is 12.7. The molecule has 0 aliphatic heterocycles. The monoisotopic (exact) mass is 262 g/mol. The fourth-order valence-corrected chi connectivity index (χ4v) is 4.41. The van der Waals surface area contributed by atoms with E-state index in [9.17, 15) is 0 Å². The summed E-state index contributed by atoms with van der Waals surface area (Å²) in [6.45, 7) is 9.34. The summed E-state index contributed by atoms with van der Waals surface area (Å²) in [6, 6.07) is 0. The van der Waals surface area contributed by atoms with Crippen LogP contribution in [0.3, 0.4) is 0 Å². The molecule has 2 atom stereocenters. The van der Waals surface area contributed by atoms with Crippen molar-refractivity contribution in [1.82, 2.24) is 0 Å². The highest BCUT2D eigenvalue weighted by molar-refractivity contribution is 8.76. The van der Waals surface area contributed by atoms with Crippen molar-refractivity contribution in [3.8, 4) is 0 Å². The van der Waals surface area contributed by atoms with Crippen LogP contribution in [0.1, 0.15) is 66.2 Å². The summed E-state index contributed by atoms with van der Waals surface area (Å²) in [5.74, 6) is 4.54. The minimum Gasteiger partial charge on any atom is -0.0941 e. The van der Waals surface area contributed by atoms with Gasteiger partial charge in [-0.2, -0.15) is 0 Å². The van der Waals surface area contributed by atoms with Gasteiger partial charge in [-0.05, 0) is 24.7 Å². The van der Waals surface area contributed by atoms with Gasteiger partial charge in [-0.25, -0.2) is 0 Å². The molecule has 0 N–H and O–H groups in total. The van der Waals surface area contributed by atoms with E-state index in [2.05, 4.69) is 49.3 Å². The Balaban J connectivity index is 3.15. The maximum absolute atomic E-state index is 2.39. The average molecular weight is 263 g/mol. The molecule has 0 aromatic rings. The highest BCUT2D eigenvalue weighted by Crippen LogP contribution is 2.27. The Morgan fingerprint density at radius 2 is 1.06 bits per heavy atom. The summed E-state index contributed by atoms with van der Waals surface area (Å²) in [4.78, 5) is 0. The predicted molar refractivity (Wildman–Crippen MR) is 82.3 cm³/mol. The molecule has 0 aliphatic carbocycles. The Labute approximate surface area is 111 Å². The molecule has 2 unspecified atom stereocenters. The molecule has 0 nitrogen and oxygen atoms in total. The van der Waals surface area contributed by atoms with Crippen LogP contribution < -0.4 is 0 Å². The molecule has 2 heteroatoms. The molecule has 0 fully saturated rings. The van der Waals surface area contributed by atoms with Crippen LogP contribution in [0.2, 0.25) is 0 Å². The second-order valence-electron chi connectivity index (χ2n) is 5.01. The van der Waals surface area contributed by atoms with Crippen LogP contribution >= 0.6 is 21.6 Å². The fraction of sp³-hybridized carbons (Fsp3) is 1.00. The first kappa shape index (κ1) is 16.7. The Morgan fingerprint density at radius 3 is 1.38 bits per heavy atom. The zero-order valence-corrected chi connectivity index (χ0v) is 13.3. The minimum atomic E-state index is 0.928. The highest BCUT2D eigenvalue weighted by atomic mass is 33.1. The first-order chi connectivity index (χ1) is 7.70. The topological polar surface area (TPSA) is 0 Å². The van der Waals surface area contributed by atoms with Gasteiger partial charge in [0, 0.05) is 11.5 Å². The van der Waals surface area contributed by atoms with E-state index >= 15 is 0 Å². The van der Waals surface area contributed by atoms with Gasteiger partial charge in [-0.1, -0.05) is 75.0 Å². The Hall–Kier alpha value is 0.700. The third-order valence-electron chi connectivity index (χ3n) is 3.03. The van der Waals surface area contributed by atoms with Crippen LogP contribution in [0.25, 0.3) is 0 Å². The molecule has 0 aromatic carbocycles. The Bertz CT molecular complexity index is 121. The van der Waals surface area contributed by atoms with Crippen molar-refractivity contribution in [1.29, 1.82) is 0 Å². The van der Waals surface area contributed by atoms with E-state index < -0.39 is 0 Å². The molecule has 0 radical (unpaired) electrons. The van der Waals surface area contributed by atoms with Crippen molar-refractivity contribution >= 4 is 21.6 Å². The lowest BCUT2D eigenvalue weighted by atomic mass is 10.0. The van der Waals surface area contributed by atoms with Crippen LogP contribution in [0, 0.1) is 11.8 Å². The van der Waals surface area contributed by atoms with Gasteiger partial charge in [-0.3, -0.25) is 0 Å². The van der Waals surface area contributed by atoms with Crippen molar-refractivity contribution in [2.45, 2.75) is 66.2 Å². The molecule has 0 amide bonds. The molecule has 0 saturated carbocycles. The summed E-state index contributed by atoms with van der Waals surface area (Å²) >= 11 is 0. The predicted octanol–water partition coefficient (Wildman–Crippen LogP) is 6.02. The lowest BCUT2D eigenvalue weighted by molar-refractivity contribution is 0.512. The van der Waals surface area contributed by atoms with Crippen molar-refractivity contribution in [3.05, 3.63) is 0 Å². The van der Waals surface area contributed by atoms with E-state index in [1.165, 1.54) is 50.0 Å². The van der Waals surface area contributed by atoms with Gasteiger partial charge in [-0.15, -0.1) is 0 Å². The van der Waals surface area contributed by atoms with Crippen molar-refractivity contribution in [2.75, 3.05) is 11.5 Å². The molecule has 0 rings (SSSR count). The summed E-state index contributed by atoms with van der Waals surface area (Å²) in [5, 5.41) is 0. The third-order valence-corrected chi connectivity index (χ3v) is 5.51. The van der Waals surface area contributed by atoms with Gasteiger partial charge in [0.05, 0.1) is 0 Å². The SMILES string of the molecule is CCCC(C)CCSSCCC(C)CCC. The second-order valence-corrected chi connectivity index (χ2v) is 7.71. The van der Waals surface area contributed by atoms with E-state index in [1.54, 1.807) is 0 Å². The molecule has 98 valence electrons. The lowest BCUT2D eigenvalue weighted by Gasteiger charge is -2.10. The van der Waals surface area contributed by atoms with E-state index in [1.807, 2.05) is 0 Å². The molecular formula is C14H30S2. The first-order valence-electron chi connectivity index (χ1n) is 6.95. The van der Waals surface area contributed by atoms with Crippen LogP contribution in [-0.4, -0.2) is 11.5 Å². The molecular weight excluding hydrogens is 232 g/mol. The van der Waals surface area contributed by atoms with Crippen LogP contribution in [0.5, 0.6) is 0 Å². The quantitative estimate of drug-likeness (QED) is 0.330. The summed E-state index contributed by atoms with van der Waals surface area (Å²) in [6.07, 6.45) is 8.28. The lowest BCUT2D eigenvalue weighted by Crippen LogP contribution is -1.96. The third kappa shape index (κ3) is 11.2. The molecule has 0 saturated heterocycles. The fourth-order valence-electron chi connectivity index (χ4n) is 1.89. The van der Waals surface area contributed by atoms with Gasteiger partial charge in [0.2, 0.25) is 0 Å². The van der Waals surface area contributed by atoms with Gasteiger partial charge in [0.1, 0.15) is 0 Å². The molecule has 0 bridgehead atoms. The van der Waals surface area contributed by atoms with Crippen molar-refractivity contribution in [2.24, 2.45) is 11.8 Å². The largest absolute Gasteiger partial charge is 0.0941 e. The van der Waals surface area contributed by atoms with Crippen LogP contribution in [0.4, 0.5) is 0 Å². The summed E-state index contributed by atoms with van der Waals surface area (Å²) in [7, 11) is 4.17. The van der Waals surface area contributed by atoms with Gasteiger partial charge < -0.3 is 0 Å². The number of rotatable bonds is 11. The summed E-state index contributed by atoms with van der Waals surface area (Å²) < 4.78 is 0. The zero-order valence-electron chi connectivity index (χ0n) is 11.6. The molecule has 0 spiro atoms. The minimum absolute atomic E-state index is 0.928. The molecule has 0 heterocycles. The van der Waals surface area contributed by atoms with Crippen molar-refractivity contribution in [3.63, 3.8) is 0 Å². The van der Waals surface area contributed by atoms with Crippen LogP contribution in [0.15, 0.2) is 0 Å². The van der Waals surface area contributed by atoms with Crippen molar-refractivity contribution < 1.29 is 0 Å². The normalized spacial score (nSPS) is 15.0. The molecule has 0 aliphatic rings.